The highest BCUT2D eigenvalue weighted by atomic mass is 16.3. The van der Waals surface area contributed by atoms with Crippen molar-refractivity contribution in [3.8, 4) is 0 Å². The number of carbonyl (C=O) groups excluding carboxylic acids is 1. The summed E-state index contributed by atoms with van der Waals surface area (Å²) in [5.41, 5.74) is 2.95. The van der Waals surface area contributed by atoms with Crippen LogP contribution in [0.2, 0.25) is 0 Å². The summed E-state index contributed by atoms with van der Waals surface area (Å²) >= 11 is 0. The van der Waals surface area contributed by atoms with E-state index in [9.17, 15) is 4.79 Å². The summed E-state index contributed by atoms with van der Waals surface area (Å²) in [6.45, 7) is 4.24. The van der Waals surface area contributed by atoms with Crippen molar-refractivity contribution < 1.29 is 9.21 Å². The number of aromatic amines is 1. The molecule has 0 radical (unpaired) electrons. The zero-order valence-corrected chi connectivity index (χ0v) is 13.8. The molecule has 1 amide bonds. The van der Waals surface area contributed by atoms with E-state index in [1.165, 1.54) is 12.5 Å². The first-order valence-electron chi connectivity index (χ1n) is 8.26. The molecule has 0 saturated heterocycles. The first kappa shape index (κ1) is 14.8. The second-order valence-corrected chi connectivity index (χ2v) is 6.64. The van der Waals surface area contributed by atoms with E-state index in [0.717, 1.165) is 33.8 Å². The number of aromatic nitrogens is 1. The topological polar surface area (TPSA) is 58.0 Å². The lowest BCUT2D eigenvalue weighted by molar-refractivity contribution is -0.111. The smallest absolute Gasteiger partial charge is 0.248 e. The number of fused-ring (bicyclic) bond motifs is 1. The summed E-state index contributed by atoms with van der Waals surface area (Å²) in [4.78, 5) is 15.4. The second-order valence-electron chi connectivity index (χ2n) is 6.64. The zero-order chi connectivity index (χ0) is 16.7. The van der Waals surface area contributed by atoms with Crippen molar-refractivity contribution in [2.45, 2.75) is 26.2 Å². The Labute approximate surface area is 140 Å². The highest BCUT2D eigenvalue weighted by molar-refractivity contribution is 6.02. The molecule has 2 atom stereocenters. The van der Waals surface area contributed by atoms with Gasteiger partial charge in [0.25, 0.3) is 0 Å². The van der Waals surface area contributed by atoms with Crippen LogP contribution in [0, 0.1) is 12.8 Å². The fourth-order valence-electron chi connectivity index (χ4n) is 3.07. The number of amides is 1. The number of anilines is 1. The Hall–Kier alpha value is -2.75. The van der Waals surface area contributed by atoms with Gasteiger partial charge in [0.1, 0.15) is 11.5 Å². The van der Waals surface area contributed by atoms with Crippen molar-refractivity contribution in [2.75, 3.05) is 5.32 Å². The lowest BCUT2D eigenvalue weighted by Gasteiger charge is -2.01. The van der Waals surface area contributed by atoms with Gasteiger partial charge in [-0.25, -0.2) is 0 Å². The fraction of sp³-hybridized carbons (Fsp3) is 0.250. The van der Waals surface area contributed by atoms with Gasteiger partial charge < -0.3 is 14.7 Å². The highest BCUT2D eigenvalue weighted by Crippen LogP contribution is 2.47. The summed E-state index contributed by atoms with van der Waals surface area (Å²) in [5.74, 6) is 2.84. The van der Waals surface area contributed by atoms with Crippen LogP contribution >= 0.6 is 0 Å². The van der Waals surface area contributed by atoms with Crippen molar-refractivity contribution in [1.82, 2.24) is 4.98 Å². The van der Waals surface area contributed by atoms with Crippen molar-refractivity contribution in [3.05, 3.63) is 59.7 Å². The largest absolute Gasteiger partial charge is 0.461 e. The van der Waals surface area contributed by atoms with Gasteiger partial charge in [-0.3, -0.25) is 4.79 Å². The Bertz CT molecular complexity index is 932. The average molecular weight is 320 g/mol. The molecular weight excluding hydrogens is 300 g/mol. The molecule has 0 unspecified atom stereocenters. The van der Waals surface area contributed by atoms with Crippen molar-refractivity contribution in [1.29, 1.82) is 0 Å². The molecule has 4 rings (SSSR count). The zero-order valence-electron chi connectivity index (χ0n) is 13.8. The minimum atomic E-state index is -0.167. The van der Waals surface area contributed by atoms with Crippen LogP contribution in [0.25, 0.3) is 17.0 Å². The monoisotopic (exact) mass is 320 g/mol. The molecule has 1 aromatic carbocycles. The Kier molecular flexibility index (Phi) is 3.53. The maximum absolute atomic E-state index is 12.1. The normalized spacial score (nSPS) is 19.9. The van der Waals surface area contributed by atoms with E-state index >= 15 is 0 Å². The Morgan fingerprint density at radius 1 is 1.29 bits per heavy atom. The number of hydrogen-bond acceptors (Lipinski definition) is 2. The van der Waals surface area contributed by atoms with Gasteiger partial charge in [0.15, 0.2) is 0 Å². The van der Waals surface area contributed by atoms with E-state index < -0.39 is 0 Å². The molecule has 24 heavy (non-hydrogen) atoms. The summed E-state index contributed by atoms with van der Waals surface area (Å²) < 4.78 is 5.77. The van der Waals surface area contributed by atoms with Gasteiger partial charge in [-0.1, -0.05) is 6.92 Å². The van der Waals surface area contributed by atoms with Crippen LogP contribution in [-0.2, 0) is 4.79 Å². The van der Waals surface area contributed by atoms with Crippen LogP contribution in [0.5, 0.6) is 0 Å². The SMILES string of the molecule is Cc1cc2cc(NC(=O)/C=C\c3ccc([C@@H]4C[C@@H]4C)o3)ccc2[nH]1. The Balaban J connectivity index is 1.42. The summed E-state index contributed by atoms with van der Waals surface area (Å²) in [6.07, 6.45) is 4.41. The van der Waals surface area contributed by atoms with Crippen molar-refractivity contribution >= 4 is 28.6 Å². The molecule has 2 aromatic heterocycles. The van der Waals surface area contributed by atoms with Crippen LogP contribution in [-0.4, -0.2) is 10.9 Å². The number of carbonyl (C=O) groups is 1. The van der Waals surface area contributed by atoms with Crippen LogP contribution in [0.4, 0.5) is 5.69 Å². The van der Waals surface area contributed by atoms with E-state index in [0.29, 0.717) is 11.8 Å². The van der Waals surface area contributed by atoms with Crippen LogP contribution in [0.1, 0.15) is 36.5 Å². The quantitative estimate of drug-likeness (QED) is 0.675. The Morgan fingerprint density at radius 2 is 2.12 bits per heavy atom. The minimum absolute atomic E-state index is 0.167. The molecule has 1 saturated carbocycles. The Morgan fingerprint density at radius 3 is 2.92 bits per heavy atom. The van der Waals surface area contributed by atoms with E-state index in [1.807, 2.05) is 37.3 Å². The molecule has 1 aliphatic rings. The summed E-state index contributed by atoms with van der Waals surface area (Å²) in [5, 5.41) is 3.97. The van der Waals surface area contributed by atoms with Crippen molar-refractivity contribution in [2.24, 2.45) is 5.92 Å². The number of nitrogens with one attached hydrogen (secondary N) is 2. The average Bonchev–Trinajstić information content (AvgIpc) is 2.97. The molecule has 0 bridgehead atoms. The van der Waals surface area contributed by atoms with Crippen LogP contribution in [0.3, 0.4) is 0 Å². The van der Waals surface area contributed by atoms with Gasteiger partial charge in [-0.2, -0.15) is 0 Å². The third-order valence-electron chi connectivity index (χ3n) is 4.54. The fourth-order valence-corrected chi connectivity index (χ4v) is 3.07. The van der Waals surface area contributed by atoms with E-state index in [-0.39, 0.29) is 5.91 Å². The lowest BCUT2D eigenvalue weighted by atomic mass is 10.2. The van der Waals surface area contributed by atoms with Crippen LogP contribution < -0.4 is 5.32 Å². The molecule has 122 valence electrons. The van der Waals surface area contributed by atoms with Gasteiger partial charge in [0.05, 0.1) is 0 Å². The number of H-pyrrole nitrogens is 1. The van der Waals surface area contributed by atoms with Crippen LogP contribution in [0.15, 0.2) is 46.9 Å². The first-order chi connectivity index (χ1) is 11.6. The predicted octanol–water partition coefficient (Wildman–Crippen LogP) is 4.84. The molecule has 1 aliphatic carbocycles. The summed E-state index contributed by atoms with van der Waals surface area (Å²) in [6, 6.07) is 11.8. The second kappa shape index (κ2) is 5.71. The van der Waals surface area contributed by atoms with Gasteiger partial charge >= 0.3 is 0 Å². The van der Waals surface area contributed by atoms with Gasteiger partial charge in [0, 0.05) is 34.3 Å². The van der Waals surface area contributed by atoms with Gasteiger partial charge in [-0.15, -0.1) is 0 Å². The molecule has 0 aliphatic heterocycles. The molecule has 4 heteroatoms. The molecule has 4 nitrogen and oxygen atoms in total. The molecule has 1 fully saturated rings. The number of hydrogen-bond donors (Lipinski definition) is 2. The standard InChI is InChI=1S/C20H20N2O2/c1-12-9-17(12)19-7-4-16(24-19)5-8-20(23)22-15-3-6-18-14(11-15)10-13(2)21-18/h3-8,10-12,17,21H,9H2,1-2H3,(H,22,23)/b8-5-/t12-,17+/m0/s1. The van der Waals surface area contributed by atoms with E-state index in [2.05, 4.69) is 23.3 Å². The molecule has 2 heterocycles. The van der Waals surface area contributed by atoms with E-state index in [1.54, 1.807) is 6.08 Å². The third kappa shape index (κ3) is 3.00. The predicted molar refractivity (Wildman–Crippen MR) is 95.9 cm³/mol. The van der Waals surface area contributed by atoms with Gasteiger partial charge in [-0.05, 0) is 61.7 Å². The number of furan rings is 1. The molecular formula is C20H20N2O2. The number of rotatable bonds is 4. The van der Waals surface area contributed by atoms with E-state index in [4.69, 9.17) is 4.42 Å². The first-order valence-corrected chi connectivity index (χ1v) is 8.26. The maximum Gasteiger partial charge on any atom is 0.248 e. The summed E-state index contributed by atoms with van der Waals surface area (Å²) in [7, 11) is 0. The number of aryl methyl sites for hydroxylation is 1. The highest BCUT2D eigenvalue weighted by Gasteiger charge is 2.36. The maximum atomic E-state index is 12.1. The van der Waals surface area contributed by atoms with Crippen molar-refractivity contribution in [3.63, 3.8) is 0 Å². The van der Waals surface area contributed by atoms with Gasteiger partial charge in [0.2, 0.25) is 5.91 Å². The molecule has 3 aromatic rings. The number of benzene rings is 1. The third-order valence-corrected chi connectivity index (χ3v) is 4.54. The molecule has 0 spiro atoms. The minimum Gasteiger partial charge on any atom is -0.461 e. The lowest BCUT2D eigenvalue weighted by Crippen LogP contribution is -2.07. The molecule has 2 N–H and O–H groups in total.